The molecule has 2 N–H and O–H groups in total. The number of carbonyl (C=O) groups is 2. The highest BCUT2D eigenvalue weighted by atomic mass is 16.7. The number of ether oxygens (including phenoxy) is 2. The number of benzene rings is 1. The Labute approximate surface area is 134 Å². The molecule has 0 spiro atoms. The fourth-order valence-corrected chi connectivity index (χ4v) is 3.00. The number of hydrogen-bond acceptors (Lipinski definition) is 5. The molecular formula is C16H20N2O5. The number of carbonyl (C=O) groups excluding carboxylic acids is 2. The van der Waals surface area contributed by atoms with Crippen LogP contribution in [-0.4, -0.2) is 54.4 Å². The summed E-state index contributed by atoms with van der Waals surface area (Å²) in [6, 6.07) is 5.67. The van der Waals surface area contributed by atoms with Crippen molar-refractivity contribution in [2.45, 2.75) is 25.4 Å². The highest BCUT2D eigenvalue weighted by Crippen LogP contribution is 2.37. The molecule has 0 radical (unpaired) electrons. The summed E-state index contributed by atoms with van der Waals surface area (Å²) in [4.78, 5) is 24.5. The van der Waals surface area contributed by atoms with E-state index in [1.807, 2.05) is 18.2 Å². The van der Waals surface area contributed by atoms with E-state index in [-0.39, 0.29) is 37.6 Å². The molecule has 1 aromatic carbocycles. The van der Waals surface area contributed by atoms with E-state index < -0.39 is 6.10 Å². The zero-order valence-electron chi connectivity index (χ0n) is 12.9. The maximum absolute atomic E-state index is 12.0. The average Bonchev–Trinajstić information content (AvgIpc) is 2.99. The van der Waals surface area contributed by atoms with E-state index in [4.69, 9.17) is 9.47 Å². The van der Waals surface area contributed by atoms with Gasteiger partial charge in [-0.1, -0.05) is 6.07 Å². The third-order valence-electron chi connectivity index (χ3n) is 4.25. The minimum Gasteiger partial charge on any atom is -0.454 e. The summed E-state index contributed by atoms with van der Waals surface area (Å²) >= 11 is 0. The van der Waals surface area contributed by atoms with Crippen LogP contribution in [0.2, 0.25) is 0 Å². The second kappa shape index (κ2) is 6.45. The van der Waals surface area contributed by atoms with E-state index in [1.54, 1.807) is 4.90 Å². The van der Waals surface area contributed by atoms with Crippen LogP contribution < -0.4 is 14.8 Å². The van der Waals surface area contributed by atoms with Gasteiger partial charge in [0.05, 0.1) is 12.6 Å². The SMILES string of the molecule is CC(=O)NCC(=O)N1CC[C@@H](c2ccc3c(c2)OCO3)[C@H](O)C1. The average molecular weight is 320 g/mol. The Morgan fingerprint density at radius 1 is 1.35 bits per heavy atom. The van der Waals surface area contributed by atoms with Crippen LogP contribution in [0, 0.1) is 0 Å². The van der Waals surface area contributed by atoms with Crippen LogP contribution in [0.15, 0.2) is 18.2 Å². The van der Waals surface area contributed by atoms with E-state index in [1.165, 1.54) is 6.92 Å². The minimum absolute atomic E-state index is 0.0310. The molecule has 7 nitrogen and oxygen atoms in total. The monoisotopic (exact) mass is 320 g/mol. The molecule has 23 heavy (non-hydrogen) atoms. The van der Waals surface area contributed by atoms with Crippen molar-refractivity contribution in [3.8, 4) is 11.5 Å². The van der Waals surface area contributed by atoms with Crippen LogP contribution >= 0.6 is 0 Å². The normalized spacial score (nSPS) is 22.8. The molecule has 1 fully saturated rings. The molecule has 1 saturated heterocycles. The Bertz CT molecular complexity index is 618. The molecule has 7 heteroatoms. The number of likely N-dealkylation sites (tertiary alicyclic amines) is 1. The number of fused-ring (bicyclic) bond motifs is 1. The molecule has 0 unspecified atom stereocenters. The first kappa shape index (κ1) is 15.6. The summed E-state index contributed by atoms with van der Waals surface area (Å²) in [7, 11) is 0. The summed E-state index contributed by atoms with van der Waals surface area (Å²) in [6.45, 7) is 2.37. The molecule has 2 aliphatic rings. The first-order valence-corrected chi connectivity index (χ1v) is 7.64. The van der Waals surface area contributed by atoms with Crippen molar-refractivity contribution in [3.05, 3.63) is 23.8 Å². The van der Waals surface area contributed by atoms with Gasteiger partial charge in [-0.25, -0.2) is 0 Å². The smallest absolute Gasteiger partial charge is 0.242 e. The summed E-state index contributed by atoms with van der Waals surface area (Å²) in [5.74, 6) is 0.942. The molecule has 2 amide bonds. The Kier molecular flexibility index (Phi) is 4.38. The number of aliphatic hydroxyl groups excluding tert-OH is 1. The Hall–Kier alpha value is -2.28. The number of nitrogens with one attached hydrogen (secondary N) is 1. The third kappa shape index (κ3) is 3.39. The van der Waals surface area contributed by atoms with Gasteiger partial charge in [-0.3, -0.25) is 9.59 Å². The number of β-amino-alcohol motifs (C(OH)–C–C–N with tert-alkyl or cyclic N) is 1. The quantitative estimate of drug-likeness (QED) is 0.832. The van der Waals surface area contributed by atoms with E-state index >= 15 is 0 Å². The highest BCUT2D eigenvalue weighted by Gasteiger charge is 2.31. The van der Waals surface area contributed by atoms with Crippen molar-refractivity contribution in [1.82, 2.24) is 10.2 Å². The van der Waals surface area contributed by atoms with Crippen LogP contribution in [0.3, 0.4) is 0 Å². The summed E-state index contributed by atoms with van der Waals surface area (Å²) in [6.07, 6.45) is 0.0116. The molecule has 1 aromatic rings. The fourth-order valence-electron chi connectivity index (χ4n) is 3.00. The van der Waals surface area contributed by atoms with E-state index in [0.717, 1.165) is 5.56 Å². The number of hydrogen-bond donors (Lipinski definition) is 2. The summed E-state index contributed by atoms with van der Waals surface area (Å²) in [5, 5.41) is 12.9. The van der Waals surface area contributed by atoms with Gasteiger partial charge in [-0.05, 0) is 24.1 Å². The maximum atomic E-state index is 12.0. The number of rotatable bonds is 3. The minimum atomic E-state index is -0.648. The van der Waals surface area contributed by atoms with Crippen LogP contribution in [0.5, 0.6) is 11.5 Å². The molecular weight excluding hydrogens is 300 g/mol. The second-order valence-electron chi connectivity index (χ2n) is 5.82. The Morgan fingerprint density at radius 3 is 2.87 bits per heavy atom. The molecule has 0 aromatic heterocycles. The van der Waals surface area contributed by atoms with Crippen molar-refractivity contribution in [2.75, 3.05) is 26.4 Å². The topological polar surface area (TPSA) is 88.1 Å². The number of piperidine rings is 1. The standard InChI is InChI=1S/C16H20N2O5/c1-10(19)17-7-16(21)18-5-4-12(13(20)8-18)11-2-3-14-15(6-11)23-9-22-14/h2-3,6,12-13,20H,4-5,7-9H2,1H3,(H,17,19)/t12-,13+/m0/s1. The lowest BCUT2D eigenvalue weighted by molar-refractivity contribution is -0.135. The van der Waals surface area contributed by atoms with Gasteiger partial charge in [0.15, 0.2) is 11.5 Å². The van der Waals surface area contributed by atoms with Gasteiger partial charge >= 0.3 is 0 Å². The Morgan fingerprint density at radius 2 is 2.13 bits per heavy atom. The van der Waals surface area contributed by atoms with Gasteiger partial charge in [0.25, 0.3) is 0 Å². The maximum Gasteiger partial charge on any atom is 0.242 e. The second-order valence-corrected chi connectivity index (χ2v) is 5.82. The van der Waals surface area contributed by atoms with Crippen molar-refractivity contribution >= 4 is 11.8 Å². The van der Waals surface area contributed by atoms with E-state index in [2.05, 4.69) is 5.32 Å². The fraction of sp³-hybridized carbons (Fsp3) is 0.500. The molecule has 2 atom stereocenters. The van der Waals surface area contributed by atoms with Gasteiger partial charge in [0, 0.05) is 25.9 Å². The van der Waals surface area contributed by atoms with Crippen LogP contribution in [0.1, 0.15) is 24.8 Å². The molecule has 0 bridgehead atoms. The molecule has 2 aliphatic heterocycles. The van der Waals surface area contributed by atoms with Crippen LogP contribution in [0.25, 0.3) is 0 Å². The van der Waals surface area contributed by atoms with Crippen LogP contribution in [-0.2, 0) is 9.59 Å². The zero-order valence-corrected chi connectivity index (χ0v) is 12.9. The molecule has 0 saturated carbocycles. The van der Waals surface area contributed by atoms with Gasteiger partial charge in [-0.2, -0.15) is 0 Å². The molecule has 3 rings (SSSR count). The van der Waals surface area contributed by atoms with Crippen molar-refractivity contribution in [2.24, 2.45) is 0 Å². The number of amides is 2. The number of aliphatic hydroxyl groups is 1. The first-order valence-electron chi connectivity index (χ1n) is 7.64. The van der Waals surface area contributed by atoms with Gasteiger partial charge in [-0.15, -0.1) is 0 Å². The largest absolute Gasteiger partial charge is 0.454 e. The summed E-state index contributed by atoms with van der Waals surface area (Å²) < 4.78 is 10.7. The van der Waals surface area contributed by atoms with Gasteiger partial charge in [0.2, 0.25) is 18.6 Å². The van der Waals surface area contributed by atoms with E-state index in [9.17, 15) is 14.7 Å². The van der Waals surface area contributed by atoms with Crippen molar-refractivity contribution in [1.29, 1.82) is 0 Å². The first-order chi connectivity index (χ1) is 11.0. The lowest BCUT2D eigenvalue weighted by atomic mass is 9.87. The summed E-state index contributed by atoms with van der Waals surface area (Å²) in [5.41, 5.74) is 0.982. The molecule has 0 aliphatic carbocycles. The van der Waals surface area contributed by atoms with Gasteiger partial charge in [0.1, 0.15) is 0 Å². The van der Waals surface area contributed by atoms with Crippen molar-refractivity contribution in [3.63, 3.8) is 0 Å². The van der Waals surface area contributed by atoms with Crippen molar-refractivity contribution < 1.29 is 24.2 Å². The predicted molar refractivity (Wildman–Crippen MR) is 81.2 cm³/mol. The van der Waals surface area contributed by atoms with Gasteiger partial charge < -0.3 is 24.8 Å². The molecule has 124 valence electrons. The Balaban J connectivity index is 1.62. The molecule has 2 heterocycles. The predicted octanol–water partition coefficient (Wildman–Crippen LogP) is 0.228. The third-order valence-corrected chi connectivity index (χ3v) is 4.25. The lowest BCUT2D eigenvalue weighted by Crippen LogP contribution is -2.48. The zero-order chi connectivity index (χ0) is 16.4. The highest BCUT2D eigenvalue weighted by molar-refractivity contribution is 5.83. The van der Waals surface area contributed by atoms with Crippen LogP contribution in [0.4, 0.5) is 0 Å². The number of nitrogens with zero attached hydrogens (tertiary/aromatic N) is 1. The van der Waals surface area contributed by atoms with E-state index in [0.29, 0.717) is 24.5 Å². The lowest BCUT2D eigenvalue weighted by Gasteiger charge is -2.36.